The van der Waals surface area contributed by atoms with Crippen LogP contribution >= 0.6 is 11.8 Å². The number of rotatable bonds is 7. The first-order valence-electron chi connectivity index (χ1n) is 8.35. The molecule has 1 heterocycles. The van der Waals surface area contributed by atoms with Crippen LogP contribution in [0.2, 0.25) is 0 Å². The molecule has 1 amide bonds. The zero-order chi connectivity index (χ0) is 19.2. The highest BCUT2D eigenvalue weighted by Gasteiger charge is 2.14. The monoisotopic (exact) mass is 383 g/mol. The molecule has 0 aliphatic heterocycles. The van der Waals surface area contributed by atoms with Gasteiger partial charge in [-0.3, -0.25) is 4.79 Å². The molecule has 0 fully saturated rings. The summed E-state index contributed by atoms with van der Waals surface area (Å²) in [5.74, 6) is 1.65. The number of aromatic nitrogens is 3. The Kier molecular flexibility index (Phi) is 5.97. The predicted octanol–water partition coefficient (Wildman–Crippen LogP) is 2.48. The number of benzene rings is 2. The van der Waals surface area contributed by atoms with Gasteiger partial charge in [-0.05, 0) is 29.8 Å². The topological polar surface area (TPSA) is 95.1 Å². The highest BCUT2D eigenvalue weighted by molar-refractivity contribution is 7.99. The maximum Gasteiger partial charge on any atom is 0.230 e. The van der Waals surface area contributed by atoms with Gasteiger partial charge in [0.25, 0.3) is 0 Å². The number of carbonyl (C=O) groups excluding carboxylic acids is 1. The van der Waals surface area contributed by atoms with E-state index in [0.29, 0.717) is 23.2 Å². The number of nitrogen functional groups attached to an aromatic ring is 1. The Morgan fingerprint density at radius 2 is 1.93 bits per heavy atom. The molecular formula is C19H21N5O2S. The first kappa shape index (κ1) is 18.8. The second-order valence-electron chi connectivity index (χ2n) is 5.87. The van der Waals surface area contributed by atoms with Gasteiger partial charge in [0.05, 0.1) is 12.9 Å². The Bertz CT molecular complexity index is 924. The summed E-state index contributed by atoms with van der Waals surface area (Å²) in [6.45, 7) is 0.466. The number of hydrogen-bond acceptors (Lipinski definition) is 6. The van der Waals surface area contributed by atoms with E-state index in [1.165, 1.54) is 11.8 Å². The van der Waals surface area contributed by atoms with E-state index in [1.807, 2.05) is 60.1 Å². The van der Waals surface area contributed by atoms with Crippen molar-refractivity contribution in [1.82, 2.24) is 20.1 Å². The molecule has 0 bridgehead atoms. The van der Waals surface area contributed by atoms with E-state index in [-0.39, 0.29) is 11.7 Å². The van der Waals surface area contributed by atoms with Crippen molar-refractivity contribution in [3.8, 4) is 17.1 Å². The molecule has 0 saturated carbocycles. The zero-order valence-corrected chi connectivity index (χ0v) is 16.0. The molecular weight excluding hydrogens is 362 g/mol. The smallest absolute Gasteiger partial charge is 0.230 e. The van der Waals surface area contributed by atoms with Crippen LogP contribution in [0.1, 0.15) is 5.56 Å². The van der Waals surface area contributed by atoms with E-state index < -0.39 is 0 Å². The number of anilines is 1. The normalized spacial score (nSPS) is 10.6. The molecule has 0 saturated heterocycles. The Hall–Kier alpha value is -3.00. The molecule has 0 spiro atoms. The van der Waals surface area contributed by atoms with Gasteiger partial charge in [0, 0.05) is 24.8 Å². The maximum absolute atomic E-state index is 12.1. The largest absolute Gasteiger partial charge is 0.497 e. The average molecular weight is 383 g/mol. The van der Waals surface area contributed by atoms with Crippen molar-refractivity contribution in [1.29, 1.82) is 0 Å². The van der Waals surface area contributed by atoms with Crippen molar-refractivity contribution < 1.29 is 9.53 Å². The van der Waals surface area contributed by atoms with Gasteiger partial charge in [-0.2, -0.15) is 0 Å². The van der Waals surface area contributed by atoms with Crippen molar-refractivity contribution in [2.75, 3.05) is 18.6 Å². The third kappa shape index (κ3) is 4.59. The number of nitrogens with zero attached hydrogens (tertiary/aromatic N) is 3. The average Bonchev–Trinajstić information content (AvgIpc) is 3.06. The number of thioether (sulfide) groups is 1. The van der Waals surface area contributed by atoms with Gasteiger partial charge < -0.3 is 20.4 Å². The first-order valence-corrected chi connectivity index (χ1v) is 9.33. The number of carbonyl (C=O) groups is 1. The quantitative estimate of drug-likeness (QED) is 0.481. The minimum absolute atomic E-state index is 0.0698. The molecule has 3 rings (SSSR count). The predicted molar refractivity (Wildman–Crippen MR) is 106 cm³/mol. The van der Waals surface area contributed by atoms with Crippen LogP contribution in [0.4, 0.5) is 5.69 Å². The van der Waals surface area contributed by atoms with Crippen LogP contribution in [0.5, 0.6) is 5.75 Å². The van der Waals surface area contributed by atoms with E-state index in [0.717, 1.165) is 16.9 Å². The molecule has 27 heavy (non-hydrogen) atoms. The van der Waals surface area contributed by atoms with Crippen molar-refractivity contribution in [2.45, 2.75) is 11.7 Å². The molecule has 2 aromatic carbocycles. The fourth-order valence-corrected chi connectivity index (χ4v) is 3.24. The number of hydrogen-bond donors (Lipinski definition) is 2. The van der Waals surface area contributed by atoms with E-state index in [1.54, 1.807) is 7.11 Å². The first-order chi connectivity index (χ1) is 13.1. The van der Waals surface area contributed by atoms with E-state index in [4.69, 9.17) is 10.5 Å². The number of nitrogens with two attached hydrogens (primary N) is 1. The Morgan fingerprint density at radius 3 is 2.63 bits per heavy atom. The van der Waals surface area contributed by atoms with Crippen LogP contribution in [-0.2, 0) is 18.4 Å². The second-order valence-corrected chi connectivity index (χ2v) is 6.81. The van der Waals surface area contributed by atoms with Crippen molar-refractivity contribution >= 4 is 23.4 Å². The lowest BCUT2D eigenvalue weighted by atomic mass is 10.2. The molecule has 140 valence electrons. The molecule has 7 nitrogen and oxygen atoms in total. The Balaban J connectivity index is 1.55. The second kappa shape index (κ2) is 8.59. The SMILES string of the molecule is COc1ccc(CNC(=O)CSc2nnc(-c3ccccc3N)n2C)cc1. The summed E-state index contributed by atoms with van der Waals surface area (Å²) in [7, 11) is 3.48. The van der Waals surface area contributed by atoms with Gasteiger partial charge in [-0.25, -0.2) is 0 Å². The van der Waals surface area contributed by atoms with Crippen LogP contribution in [0.25, 0.3) is 11.4 Å². The molecule has 0 aliphatic carbocycles. The summed E-state index contributed by atoms with van der Waals surface area (Å²) in [6, 6.07) is 15.1. The zero-order valence-electron chi connectivity index (χ0n) is 15.2. The summed E-state index contributed by atoms with van der Waals surface area (Å²) < 4.78 is 6.96. The number of para-hydroxylation sites is 1. The minimum atomic E-state index is -0.0698. The fourth-order valence-electron chi connectivity index (χ4n) is 2.50. The number of nitrogens with one attached hydrogen (secondary N) is 1. The summed E-state index contributed by atoms with van der Waals surface area (Å²) in [4.78, 5) is 12.1. The van der Waals surface area contributed by atoms with Crippen LogP contribution in [0.15, 0.2) is 53.7 Å². The van der Waals surface area contributed by atoms with Gasteiger partial charge >= 0.3 is 0 Å². The van der Waals surface area contributed by atoms with Crippen LogP contribution in [-0.4, -0.2) is 33.5 Å². The summed E-state index contributed by atoms with van der Waals surface area (Å²) in [5.41, 5.74) is 8.48. The van der Waals surface area contributed by atoms with Gasteiger partial charge in [0.1, 0.15) is 5.75 Å². The molecule has 3 aromatic rings. The third-order valence-corrected chi connectivity index (χ3v) is 5.04. The number of amides is 1. The third-order valence-electron chi connectivity index (χ3n) is 4.02. The van der Waals surface area contributed by atoms with Crippen molar-refractivity contribution in [3.05, 3.63) is 54.1 Å². The lowest BCUT2D eigenvalue weighted by Crippen LogP contribution is -2.24. The number of ether oxygens (including phenoxy) is 1. The highest BCUT2D eigenvalue weighted by atomic mass is 32.2. The van der Waals surface area contributed by atoms with Crippen molar-refractivity contribution in [2.24, 2.45) is 7.05 Å². The fraction of sp³-hybridized carbons (Fsp3) is 0.211. The lowest BCUT2D eigenvalue weighted by molar-refractivity contribution is -0.118. The number of methoxy groups -OCH3 is 1. The van der Waals surface area contributed by atoms with Gasteiger partial charge in [-0.1, -0.05) is 36.0 Å². The molecule has 0 aliphatic rings. The summed E-state index contributed by atoms with van der Waals surface area (Å²) >= 11 is 1.33. The Labute approximate surface area is 161 Å². The molecule has 8 heteroatoms. The summed E-state index contributed by atoms with van der Waals surface area (Å²) in [5, 5.41) is 11.9. The summed E-state index contributed by atoms with van der Waals surface area (Å²) in [6.07, 6.45) is 0. The van der Waals surface area contributed by atoms with Crippen LogP contribution in [0.3, 0.4) is 0 Å². The molecule has 0 atom stereocenters. The van der Waals surface area contributed by atoms with E-state index >= 15 is 0 Å². The molecule has 1 aromatic heterocycles. The van der Waals surface area contributed by atoms with Crippen LogP contribution < -0.4 is 15.8 Å². The molecule has 3 N–H and O–H groups in total. The molecule has 0 radical (unpaired) electrons. The Morgan fingerprint density at radius 1 is 1.19 bits per heavy atom. The van der Waals surface area contributed by atoms with Gasteiger partial charge in [0.2, 0.25) is 5.91 Å². The van der Waals surface area contributed by atoms with Gasteiger partial charge in [0.15, 0.2) is 11.0 Å². The van der Waals surface area contributed by atoms with E-state index in [9.17, 15) is 4.79 Å². The van der Waals surface area contributed by atoms with E-state index in [2.05, 4.69) is 15.5 Å². The maximum atomic E-state index is 12.1. The van der Waals surface area contributed by atoms with Crippen molar-refractivity contribution in [3.63, 3.8) is 0 Å². The van der Waals surface area contributed by atoms with Gasteiger partial charge in [-0.15, -0.1) is 10.2 Å². The highest BCUT2D eigenvalue weighted by Crippen LogP contribution is 2.26. The molecule has 0 unspecified atom stereocenters. The standard InChI is InChI=1S/C19H21N5O2S/c1-24-18(15-5-3-4-6-16(15)20)22-23-19(24)27-12-17(25)21-11-13-7-9-14(26-2)10-8-13/h3-10H,11-12,20H2,1-2H3,(H,21,25). The van der Waals surface area contributed by atoms with Crippen LogP contribution in [0, 0.1) is 0 Å². The minimum Gasteiger partial charge on any atom is -0.497 e. The lowest BCUT2D eigenvalue weighted by Gasteiger charge is -2.07.